The molecule has 1 heterocycles. The molecular weight excluding hydrogens is 354 g/mol. The van der Waals surface area contributed by atoms with Crippen molar-refractivity contribution in [3.05, 3.63) is 54.1 Å². The number of benzene rings is 2. The van der Waals surface area contributed by atoms with E-state index in [0.717, 1.165) is 11.3 Å². The number of anilines is 1. The minimum absolute atomic E-state index is 0.139. The molecule has 0 unspecified atom stereocenters. The van der Waals surface area contributed by atoms with E-state index in [9.17, 15) is 13.2 Å². The number of nitrogens with one attached hydrogen (secondary N) is 2. The summed E-state index contributed by atoms with van der Waals surface area (Å²) in [6, 6.07) is 13.9. The average molecular weight is 373 g/mol. The van der Waals surface area contributed by atoms with E-state index < -0.39 is 10.0 Å². The molecule has 2 aromatic carbocycles. The van der Waals surface area contributed by atoms with Crippen LogP contribution in [-0.2, 0) is 21.4 Å². The number of hydrogen-bond acceptors (Lipinski definition) is 5. The Morgan fingerprint density at radius 1 is 1.15 bits per heavy atom. The highest BCUT2D eigenvalue weighted by Gasteiger charge is 2.24. The summed E-state index contributed by atoms with van der Waals surface area (Å²) in [6.07, 6.45) is 0.349. The molecule has 0 saturated carbocycles. The Kier molecular flexibility index (Phi) is 5.22. The van der Waals surface area contributed by atoms with Gasteiger partial charge in [0.2, 0.25) is 5.91 Å². The number of sulfonamides is 1. The second-order valence-corrected chi connectivity index (χ2v) is 7.33. The molecule has 136 valence electrons. The number of methoxy groups -OCH3 is 1. The summed E-state index contributed by atoms with van der Waals surface area (Å²) >= 11 is 0. The van der Waals surface area contributed by atoms with Crippen molar-refractivity contribution >= 4 is 27.5 Å². The van der Waals surface area contributed by atoms with Crippen LogP contribution in [0.15, 0.2) is 57.8 Å². The quantitative estimate of drug-likeness (QED) is 0.810. The Morgan fingerprint density at radius 3 is 2.62 bits per heavy atom. The third kappa shape index (κ3) is 4.20. The molecule has 0 spiro atoms. The molecule has 8 heteroatoms. The SMILES string of the molecule is COc1ccc(CNC(=O)CCC2=NS(=O)(=O)c3ccccc3N2)cc1. The number of para-hydroxylation sites is 1. The lowest BCUT2D eigenvalue weighted by Gasteiger charge is -2.17. The number of ether oxygens (including phenoxy) is 1. The van der Waals surface area contributed by atoms with Gasteiger partial charge in [-0.3, -0.25) is 4.79 Å². The van der Waals surface area contributed by atoms with E-state index in [4.69, 9.17) is 4.74 Å². The zero-order valence-corrected chi connectivity index (χ0v) is 15.0. The van der Waals surface area contributed by atoms with Crippen molar-refractivity contribution in [1.82, 2.24) is 5.32 Å². The molecule has 1 aliphatic heterocycles. The van der Waals surface area contributed by atoms with Crippen LogP contribution in [0.25, 0.3) is 0 Å². The fraction of sp³-hybridized carbons (Fsp3) is 0.222. The monoisotopic (exact) mass is 373 g/mol. The van der Waals surface area contributed by atoms with Gasteiger partial charge in [0, 0.05) is 19.4 Å². The maximum atomic E-state index is 12.2. The predicted molar refractivity (Wildman–Crippen MR) is 98.8 cm³/mol. The van der Waals surface area contributed by atoms with Crippen LogP contribution in [0.1, 0.15) is 18.4 Å². The number of fused-ring (bicyclic) bond motifs is 1. The predicted octanol–water partition coefficient (Wildman–Crippen LogP) is 2.30. The lowest BCUT2D eigenvalue weighted by molar-refractivity contribution is -0.121. The van der Waals surface area contributed by atoms with Crippen molar-refractivity contribution in [3.8, 4) is 5.75 Å². The third-order valence-corrected chi connectivity index (χ3v) is 5.28. The summed E-state index contributed by atoms with van der Waals surface area (Å²) < 4.78 is 33.1. The van der Waals surface area contributed by atoms with E-state index in [1.807, 2.05) is 24.3 Å². The Hall–Kier alpha value is -2.87. The minimum atomic E-state index is -3.72. The molecule has 7 nitrogen and oxygen atoms in total. The Bertz CT molecular complexity index is 937. The van der Waals surface area contributed by atoms with Crippen LogP contribution >= 0.6 is 0 Å². The normalized spacial score (nSPS) is 14.6. The first kappa shape index (κ1) is 17.9. The molecule has 0 aromatic heterocycles. The van der Waals surface area contributed by atoms with Gasteiger partial charge in [-0.25, -0.2) is 0 Å². The maximum absolute atomic E-state index is 12.2. The van der Waals surface area contributed by atoms with Crippen molar-refractivity contribution in [2.24, 2.45) is 4.40 Å². The van der Waals surface area contributed by atoms with Gasteiger partial charge in [-0.05, 0) is 29.8 Å². The van der Waals surface area contributed by atoms with Gasteiger partial charge >= 0.3 is 0 Å². The standard InChI is InChI=1S/C18H19N3O4S/c1-25-14-8-6-13(7-9-14)12-19-18(22)11-10-17-20-15-4-2-3-5-16(15)26(23,24)21-17/h2-9H,10-12H2,1H3,(H,19,22)(H,20,21). The largest absolute Gasteiger partial charge is 0.497 e. The summed E-state index contributed by atoms with van der Waals surface area (Å²) in [4.78, 5) is 12.2. The molecule has 0 bridgehead atoms. The number of nitrogens with zero attached hydrogens (tertiary/aromatic N) is 1. The molecule has 3 rings (SSSR count). The molecule has 0 atom stereocenters. The topological polar surface area (TPSA) is 96.9 Å². The number of amidine groups is 1. The highest BCUT2D eigenvalue weighted by Crippen LogP contribution is 2.27. The van der Waals surface area contributed by atoms with Crippen molar-refractivity contribution in [1.29, 1.82) is 0 Å². The summed E-state index contributed by atoms with van der Waals surface area (Å²) in [6.45, 7) is 0.393. The van der Waals surface area contributed by atoms with Crippen LogP contribution in [0.3, 0.4) is 0 Å². The summed E-state index contributed by atoms with van der Waals surface area (Å²) in [7, 11) is -2.12. The molecule has 2 aromatic rings. The molecule has 1 amide bonds. The average Bonchev–Trinajstić information content (AvgIpc) is 2.64. The van der Waals surface area contributed by atoms with Gasteiger partial charge < -0.3 is 15.4 Å². The molecule has 0 aliphatic carbocycles. The van der Waals surface area contributed by atoms with Gasteiger partial charge in [-0.15, -0.1) is 4.40 Å². The van der Waals surface area contributed by atoms with Gasteiger partial charge in [0.1, 0.15) is 16.5 Å². The molecule has 0 saturated heterocycles. The van der Waals surface area contributed by atoms with Crippen LogP contribution in [0, 0.1) is 0 Å². The van der Waals surface area contributed by atoms with E-state index in [2.05, 4.69) is 15.0 Å². The van der Waals surface area contributed by atoms with E-state index in [0.29, 0.717) is 12.2 Å². The maximum Gasteiger partial charge on any atom is 0.286 e. The smallest absolute Gasteiger partial charge is 0.286 e. The van der Waals surface area contributed by atoms with Gasteiger partial charge in [0.05, 0.1) is 12.8 Å². The molecule has 2 N–H and O–H groups in total. The first-order chi connectivity index (χ1) is 12.5. The molecule has 0 fully saturated rings. The van der Waals surface area contributed by atoms with Crippen molar-refractivity contribution in [2.75, 3.05) is 12.4 Å². The van der Waals surface area contributed by atoms with Crippen LogP contribution in [0.4, 0.5) is 5.69 Å². The van der Waals surface area contributed by atoms with Gasteiger partial charge in [-0.1, -0.05) is 24.3 Å². The van der Waals surface area contributed by atoms with Crippen LogP contribution in [0.2, 0.25) is 0 Å². The van der Waals surface area contributed by atoms with E-state index >= 15 is 0 Å². The van der Waals surface area contributed by atoms with Gasteiger partial charge in [0.15, 0.2) is 0 Å². The Balaban J connectivity index is 1.54. The third-order valence-electron chi connectivity index (χ3n) is 3.91. The number of rotatable bonds is 6. The highest BCUT2D eigenvalue weighted by molar-refractivity contribution is 7.90. The lowest BCUT2D eigenvalue weighted by Crippen LogP contribution is -2.26. The fourth-order valence-electron chi connectivity index (χ4n) is 2.54. The van der Waals surface area contributed by atoms with Gasteiger partial charge in [0.25, 0.3) is 10.0 Å². The van der Waals surface area contributed by atoms with E-state index in [-0.39, 0.29) is 29.5 Å². The first-order valence-electron chi connectivity index (χ1n) is 8.07. The number of carbonyl (C=O) groups is 1. The molecule has 26 heavy (non-hydrogen) atoms. The van der Waals surface area contributed by atoms with Crippen LogP contribution < -0.4 is 15.4 Å². The summed E-state index contributed by atoms with van der Waals surface area (Å²) in [5.41, 5.74) is 1.43. The Morgan fingerprint density at radius 2 is 1.88 bits per heavy atom. The van der Waals surface area contributed by atoms with E-state index in [1.165, 1.54) is 6.07 Å². The van der Waals surface area contributed by atoms with E-state index in [1.54, 1.807) is 25.3 Å². The van der Waals surface area contributed by atoms with Crippen molar-refractivity contribution < 1.29 is 17.9 Å². The zero-order chi connectivity index (χ0) is 18.6. The highest BCUT2D eigenvalue weighted by atomic mass is 32.2. The fourth-order valence-corrected chi connectivity index (χ4v) is 3.71. The zero-order valence-electron chi connectivity index (χ0n) is 14.2. The minimum Gasteiger partial charge on any atom is -0.497 e. The summed E-state index contributed by atoms with van der Waals surface area (Å²) in [5, 5.41) is 5.78. The summed E-state index contributed by atoms with van der Waals surface area (Å²) in [5.74, 6) is 0.841. The van der Waals surface area contributed by atoms with Crippen LogP contribution in [0.5, 0.6) is 5.75 Å². The number of amides is 1. The van der Waals surface area contributed by atoms with Crippen molar-refractivity contribution in [3.63, 3.8) is 0 Å². The molecule has 0 radical (unpaired) electrons. The number of hydrogen-bond donors (Lipinski definition) is 2. The Labute approximate surface area is 152 Å². The second kappa shape index (κ2) is 7.57. The molecule has 1 aliphatic rings. The first-order valence-corrected chi connectivity index (χ1v) is 9.51. The van der Waals surface area contributed by atoms with Crippen LogP contribution in [-0.4, -0.2) is 27.3 Å². The van der Waals surface area contributed by atoms with Crippen molar-refractivity contribution in [2.45, 2.75) is 24.3 Å². The molecular formula is C18H19N3O4S. The van der Waals surface area contributed by atoms with Gasteiger partial charge in [-0.2, -0.15) is 8.42 Å². The lowest BCUT2D eigenvalue weighted by atomic mass is 10.2. The number of carbonyl (C=O) groups excluding carboxylic acids is 1. The second-order valence-electron chi connectivity index (χ2n) is 5.76.